The Kier molecular flexibility index (Phi) is 5.66. The van der Waals surface area contributed by atoms with Gasteiger partial charge in [-0.15, -0.1) is 0 Å². The summed E-state index contributed by atoms with van der Waals surface area (Å²) in [5.41, 5.74) is 5.00. The Morgan fingerprint density at radius 3 is 2.33 bits per heavy atom. The van der Waals surface area contributed by atoms with Crippen LogP contribution in [0.25, 0.3) is 0 Å². The molecule has 0 aliphatic carbocycles. The third-order valence-corrected chi connectivity index (χ3v) is 5.43. The molecule has 4 rings (SSSR count). The summed E-state index contributed by atoms with van der Waals surface area (Å²) in [5, 5.41) is 0. The lowest BCUT2D eigenvalue weighted by atomic mass is 9.86. The van der Waals surface area contributed by atoms with E-state index in [1.165, 1.54) is 11.1 Å². The van der Waals surface area contributed by atoms with Gasteiger partial charge in [0.15, 0.2) is 0 Å². The van der Waals surface area contributed by atoms with Crippen LogP contribution in [-0.4, -0.2) is 40.7 Å². The van der Waals surface area contributed by atoms with Gasteiger partial charge in [0.2, 0.25) is 0 Å². The zero-order valence-electron chi connectivity index (χ0n) is 15.8. The van der Waals surface area contributed by atoms with Gasteiger partial charge in [-0.1, -0.05) is 60.7 Å². The summed E-state index contributed by atoms with van der Waals surface area (Å²) in [7, 11) is 0. The van der Waals surface area contributed by atoms with E-state index in [9.17, 15) is 0 Å². The van der Waals surface area contributed by atoms with E-state index in [0.29, 0.717) is 5.92 Å². The smallest absolute Gasteiger partial charge is 0.0925 e. The fourth-order valence-electron chi connectivity index (χ4n) is 3.92. The third-order valence-electron chi connectivity index (χ3n) is 5.43. The molecule has 0 unspecified atom stereocenters. The highest BCUT2D eigenvalue weighted by Crippen LogP contribution is 2.31. The largest absolute Gasteiger partial charge is 0.376 e. The molecule has 1 aliphatic heterocycles. The number of nitrogens with zero attached hydrogens (tertiary/aromatic N) is 2. The average Bonchev–Trinajstić information content (AvgIpc) is 3.12. The third kappa shape index (κ3) is 4.46. The first-order chi connectivity index (χ1) is 13.3. The molecule has 1 N–H and O–H groups in total. The monoisotopic (exact) mass is 361 g/mol. The molecule has 1 aromatic heterocycles. The first-order valence-electron chi connectivity index (χ1n) is 9.72. The maximum Gasteiger partial charge on any atom is 0.0925 e. The van der Waals surface area contributed by atoms with Crippen LogP contribution in [0.15, 0.2) is 67.0 Å². The molecule has 27 heavy (non-hydrogen) atoms. The number of rotatable bonds is 6. The summed E-state index contributed by atoms with van der Waals surface area (Å²) < 4.78 is 6.16. The first-order valence-corrected chi connectivity index (χ1v) is 9.72. The van der Waals surface area contributed by atoms with E-state index >= 15 is 0 Å². The molecule has 1 fully saturated rings. The molecule has 1 saturated heterocycles. The second-order valence-corrected chi connectivity index (χ2v) is 7.31. The zero-order valence-corrected chi connectivity index (χ0v) is 15.8. The number of hydrogen-bond acceptors (Lipinski definition) is 3. The topological polar surface area (TPSA) is 41.2 Å². The maximum atomic E-state index is 6.16. The van der Waals surface area contributed by atoms with Crippen LogP contribution in [0, 0.1) is 6.92 Å². The van der Waals surface area contributed by atoms with Gasteiger partial charge in [0, 0.05) is 31.2 Å². The van der Waals surface area contributed by atoms with Gasteiger partial charge in [-0.3, -0.25) is 4.90 Å². The van der Waals surface area contributed by atoms with E-state index in [1.54, 1.807) is 6.33 Å². The second kappa shape index (κ2) is 8.51. The van der Waals surface area contributed by atoms with Crippen molar-refractivity contribution in [3.63, 3.8) is 0 Å². The van der Waals surface area contributed by atoms with Crippen LogP contribution in [0.1, 0.15) is 34.9 Å². The molecule has 0 amide bonds. The van der Waals surface area contributed by atoms with Crippen LogP contribution < -0.4 is 0 Å². The van der Waals surface area contributed by atoms with Crippen molar-refractivity contribution in [3.8, 4) is 0 Å². The van der Waals surface area contributed by atoms with E-state index in [2.05, 4.69) is 82.5 Å². The Balaban J connectivity index is 1.48. The van der Waals surface area contributed by atoms with Crippen LogP contribution in [0.3, 0.4) is 0 Å². The molecule has 0 spiro atoms. The number of aromatic amines is 1. The molecule has 4 heteroatoms. The zero-order chi connectivity index (χ0) is 18.5. The summed E-state index contributed by atoms with van der Waals surface area (Å²) in [6.07, 6.45) is 3.00. The van der Waals surface area contributed by atoms with Crippen LogP contribution in [0.4, 0.5) is 0 Å². The lowest BCUT2D eigenvalue weighted by Gasteiger charge is -2.34. The molecule has 2 aromatic carbocycles. The normalized spacial score (nSPS) is 18.1. The minimum atomic E-state index is 0.225. The highest BCUT2D eigenvalue weighted by molar-refractivity contribution is 5.32. The Morgan fingerprint density at radius 2 is 1.74 bits per heavy atom. The predicted octanol–water partition coefficient (Wildman–Crippen LogP) is 4.14. The SMILES string of the molecule is Cc1[nH]cnc1CN1CCO[C@H](CC(c2ccccc2)c2ccccc2)C1. The number of aromatic nitrogens is 2. The van der Waals surface area contributed by atoms with Crippen LogP contribution in [0.2, 0.25) is 0 Å². The van der Waals surface area contributed by atoms with Crippen molar-refractivity contribution in [1.29, 1.82) is 0 Å². The van der Waals surface area contributed by atoms with Crippen molar-refractivity contribution < 1.29 is 4.74 Å². The number of nitrogens with one attached hydrogen (secondary N) is 1. The lowest BCUT2D eigenvalue weighted by Crippen LogP contribution is -2.42. The minimum absolute atomic E-state index is 0.225. The Morgan fingerprint density at radius 1 is 1.07 bits per heavy atom. The molecule has 0 bridgehead atoms. The summed E-state index contributed by atoms with van der Waals surface area (Å²) in [5.74, 6) is 0.351. The van der Waals surface area contributed by atoms with Crippen LogP contribution in [0.5, 0.6) is 0 Å². The van der Waals surface area contributed by atoms with Crippen LogP contribution in [-0.2, 0) is 11.3 Å². The molecular weight excluding hydrogens is 334 g/mol. The molecule has 1 aliphatic rings. The van der Waals surface area contributed by atoms with Crippen molar-refractivity contribution in [2.24, 2.45) is 0 Å². The Hall–Kier alpha value is -2.43. The van der Waals surface area contributed by atoms with E-state index in [0.717, 1.165) is 44.0 Å². The molecule has 1 atom stereocenters. The first kappa shape index (κ1) is 18.0. The summed E-state index contributed by atoms with van der Waals surface area (Å²) in [6, 6.07) is 21.6. The predicted molar refractivity (Wildman–Crippen MR) is 108 cm³/mol. The summed E-state index contributed by atoms with van der Waals surface area (Å²) in [6.45, 7) is 5.66. The van der Waals surface area contributed by atoms with Crippen molar-refractivity contribution in [3.05, 3.63) is 89.5 Å². The lowest BCUT2D eigenvalue weighted by molar-refractivity contribution is -0.0368. The van der Waals surface area contributed by atoms with E-state index < -0.39 is 0 Å². The quantitative estimate of drug-likeness (QED) is 0.717. The van der Waals surface area contributed by atoms with Gasteiger partial charge < -0.3 is 9.72 Å². The molecule has 0 saturated carbocycles. The van der Waals surface area contributed by atoms with Gasteiger partial charge in [0.25, 0.3) is 0 Å². The van der Waals surface area contributed by atoms with Crippen molar-refractivity contribution in [1.82, 2.24) is 14.9 Å². The number of morpholine rings is 1. The van der Waals surface area contributed by atoms with Crippen molar-refractivity contribution in [2.75, 3.05) is 19.7 Å². The minimum Gasteiger partial charge on any atom is -0.376 e. The second-order valence-electron chi connectivity index (χ2n) is 7.31. The van der Waals surface area contributed by atoms with Gasteiger partial charge >= 0.3 is 0 Å². The number of imidazole rings is 1. The van der Waals surface area contributed by atoms with Crippen LogP contribution >= 0.6 is 0 Å². The van der Waals surface area contributed by atoms with Gasteiger partial charge in [-0.05, 0) is 24.5 Å². The fourth-order valence-corrected chi connectivity index (χ4v) is 3.92. The standard InChI is InChI=1S/C23H27N3O/c1-18-23(25-17-24-18)16-26-12-13-27-21(15-26)14-22(19-8-4-2-5-9-19)20-10-6-3-7-11-20/h2-11,17,21-22H,12-16H2,1H3,(H,24,25)/t21-/m1/s1. The van der Waals surface area contributed by atoms with E-state index in [-0.39, 0.29) is 6.10 Å². The molecular formula is C23H27N3O. The Bertz CT molecular complexity index is 792. The fraction of sp³-hybridized carbons (Fsp3) is 0.348. The van der Waals surface area contributed by atoms with Crippen molar-refractivity contribution >= 4 is 0 Å². The Labute approximate surface area is 161 Å². The number of H-pyrrole nitrogens is 1. The van der Waals surface area contributed by atoms with Gasteiger partial charge in [0.1, 0.15) is 0 Å². The van der Waals surface area contributed by atoms with E-state index in [4.69, 9.17) is 4.74 Å². The van der Waals surface area contributed by atoms with Gasteiger partial charge in [-0.25, -0.2) is 4.98 Å². The molecule has 3 aromatic rings. The van der Waals surface area contributed by atoms with Crippen molar-refractivity contribution in [2.45, 2.75) is 31.9 Å². The van der Waals surface area contributed by atoms with Gasteiger partial charge in [-0.2, -0.15) is 0 Å². The number of benzene rings is 2. The number of hydrogen-bond donors (Lipinski definition) is 1. The average molecular weight is 361 g/mol. The summed E-state index contributed by atoms with van der Waals surface area (Å²) in [4.78, 5) is 10.1. The molecule has 140 valence electrons. The van der Waals surface area contributed by atoms with Gasteiger partial charge in [0.05, 0.1) is 24.7 Å². The number of ether oxygens (including phenoxy) is 1. The highest BCUT2D eigenvalue weighted by atomic mass is 16.5. The highest BCUT2D eigenvalue weighted by Gasteiger charge is 2.26. The van der Waals surface area contributed by atoms with E-state index in [1.807, 2.05) is 0 Å². The molecule has 4 nitrogen and oxygen atoms in total. The molecule has 0 radical (unpaired) electrons. The summed E-state index contributed by atoms with van der Waals surface area (Å²) >= 11 is 0. The maximum absolute atomic E-state index is 6.16. The molecule has 2 heterocycles. The number of aryl methyl sites for hydroxylation is 1.